The van der Waals surface area contributed by atoms with E-state index < -0.39 is 4.92 Å². The lowest BCUT2D eigenvalue weighted by Crippen LogP contribution is -2.35. The Balaban J connectivity index is 1.47. The standard InChI is InChI=1S/C17H17N3O4S/c21-16(18-13-1-3-14(4-2-13)20(23)24)5-6-17(22)19-9-7-15-12(11-19)8-10-25-15/h1-4,8,10H,5-7,9,11H2,(H,18,21). The van der Waals surface area contributed by atoms with Gasteiger partial charge in [-0.05, 0) is 35.6 Å². The van der Waals surface area contributed by atoms with Gasteiger partial charge in [-0.25, -0.2) is 0 Å². The number of hydrogen-bond acceptors (Lipinski definition) is 5. The van der Waals surface area contributed by atoms with Gasteiger partial charge in [-0.2, -0.15) is 0 Å². The largest absolute Gasteiger partial charge is 0.338 e. The van der Waals surface area contributed by atoms with Crippen molar-refractivity contribution in [2.24, 2.45) is 0 Å². The van der Waals surface area contributed by atoms with E-state index in [1.165, 1.54) is 34.7 Å². The molecule has 0 bridgehead atoms. The molecule has 1 aromatic carbocycles. The van der Waals surface area contributed by atoms with Crippen molar-refractivity contribution in [2.75, 3.05) is 11.9 Å². The number of benzene rings is 1. The van der Waals surface area contributed by atoms with E-state index in [9.17, 15) is 19.7 Å². The summed E-state index contributed by atoms with van der Waals surface area (Å²) >= 11 is 1.72. The molecule has 7 nitrogen and oxygen atoms in total. The van der Waals surface area contributed by atoms with Gasteiger partial charge >= 0.3 is 0 Å². The molecule has 25 heavy (non-hydrogen) atoms. The third-order valence-electron chi connectivity index (χ3n) is 4.09. The van der Waals surface area contributed by atoms with Crippen LogP contribution in [0.15, 0.2) is 35.7 Å². The van der Waals surface area contributed by atoms with Crippen LogP contribution < -0.4 is 5.32 Å². The average molecular weight is 359 g/mol. The quantitative estimate of drug-likeness (QED) is 0.656. The number of amides is 2. The van der Waals surface area contributed by atoms with Crippen molar-refractivity contribution in [1.82, 2.24) is 4.90 Å². The molecule has 0 atom stereocenters. The van der Waals surface area contributed by atoms with Crippen molar-refractivity contribution in [3.63, 3.8) is 0 Å². The van der Waals surface area contributed by atoms with Crippen molar-refractivity contribution in [1.29, 1.82) is 0 Å². The zero-order valence-corrected chi connectivity index (χ0v) is 14.3. The predicted octanol–water partition coefficient (Wildman–Crippen LogP) is 2.96. The molecular formula is C17H17N3O4S. The first-order chi connectivity index (χ1) is 12.0. The van der Waals surface area contributed by atoms with Crippen LogP contribution in [0.5, 0.6) is 0 Å². The zero-order valence-electron chi connectivity index (χ0n) is 13.4. The molecule has 1 aliphatic rings. The maximum Gasteiger partial charge on any atom is 0.269 e. The van der Waals surface area contributed by atoms with Gasteiger partial charge in [0.25, 0.3) is 5.69 Å². The number of carbonyl (C=O) groups is 2. The fourth-order valence-electron chi connectivity index (χ4n) is 2.73. The minimum absolute atomic E-state index is 0.0318. The second-order valence-corrected chi connectivity index (χ2v) is 6.79. The van der Waals surface area contributed by atoms with Crippen LogP contribution in [0.4, 0.5) is 11.4 Å². The molecule has 0 aliphatic carbocycles. The van der Waals surface area contributed by atoms with Crippen molar-refractivity contribution >= 4 is 34.5 Å². The van der Waals surface area contributed by atoms with E-state index >= 15 is 0 Å². The van der Waals surface area contributed by atoms with Crippen molar-refractivity contribution in [3.05, 3.63) is 56.3 Å². The molecule has 0 fully saturated rings. The van der Waals surface area contributed by atoms with Crippen molar-refractivity contribution < 1.29 is 14.5 Å². The van der Waals surface area contributed by atoms with Crippen LogP contribution in [-0.2, 0) is 22.6 Å². The van der Waals surface area contributed by atoms with Crippen LogP contribution >= 0.6 is 11.3 Å². The van der Waals surface area contributed by atoms with Gasteiger partial charge < -0.3 is 10.2 Å². The normalized spacial score (nSPS) is 13.2. The van der Waals surface area contributed by atoms with Gasteiger partial charge in [0.2, 0.25) is 11.8 Å². The van der Waals surface area contributed by atoms with Crippen LogP contribution in [0.1, 0.15) is 23.3 Å². The summed E-state index contributed by atoms with van der Waals surface area (Å²) < 4.78 is 0. The van der Waals surface area contributed by atoms with E-state index in [4.69, 9.17) is 0 Å². The highest BCUT2D eigenvalue weighted by atomic mass is 32.1. The first kappa shape index (κ1) is 17.1. The van der Waals surface area contributed by atoms with Gasteiger partial charge in [0.15, 0.2) is 0 Å². The first-order valence-corrected chi connectivity index (χ1v) is 8.78. The number of rotatable bonds is 5. The summed E-state index contributed by atoms with van der Waals surface area (Å²) in [6.07, 6.45) is 1.11. The lowest BCUT2D eigenvalue weighted by atomic mass is 10.1. The molecule has 0 unspecified atom stereocenters. The van der Waals surface area contributed by atoms with E-state index in [1.54, 1.807) is 16.2 Å². The summed E-state index contributed by atoms with van der Waals surface area (Å²) in [5.74, 6) is -0.314. The molecule has 2 amide bonds. The number of carbonyl (C=O) groups excluding carboxylic acids is 2. The summed E-state index contributed by atoms with van der Waals surface area (Å²) in [6, 6.07) is 7.64. The molecule has 2 heterocycles. The number of nitrogens with one attached hydrogen (secondary N) is 1. The Kier molecular flexibility index (Phi) is 5.08. The summed E-state index contributed by atoms with van der Waals surface area (Å²) in [4.78, 5) is 37.5. The van der Waals surface area contributed by atoms with Gasteiger partial charge in [-0.3, -0.25) is 19.7 Å². The smallest absolute Gasteiger partial charge is 0.269 e. The molecule has 0 spiro atoms. The maximum atomic E-state index is 12.3. The van der Waals surface area contributed by atoms with E-state index in [-0.39, 0.29) is 30.3 Å². The topological polar surface area (TPSA) is 92.6 Å². The predicted molar refractivity (Wildman–Crippen MR) is 94.4 cm³/mol. The van der Waals surface area contributed by atoms with Crippen LogP contribution in [-0.4, -0.2) is 28.2 Å². The lowest BCUT2D eigenvalue weighted by Gasteiger charge is -2.27. The maximum absolute atomic E-state index is 12.3. The van der Waals surface area contributed by atoms with Crippen LogP contribution in [0.25, 0.3) is 0 Å². The number of fused-ring (bicyclic) bond motifs is 1. The van der Waals surface area contributed by atoms with E-state index in [2.05, 4.69) is 5.32 Å². The van der Waals surface area contributed by atoms with Gasteiger partial charge in [-0.1, -0.05) is 0 Å². The molecule has 0 radical (unpaired) electrons. The summed E-state index contributed by atoms with van der Waals surface area (Å²) in [7, 11) is 0. The van der Waals surface area contributed by atoms with Crippen molar-refractivity contribution in [2.45, 2.75) is 25.8 Å². The molecule has 2 aromatic rings. The molecule has 130 valence electrons. The molecule has 3 rings (SSSR count). The minimum atomic E-state index is -0.498. The summed E-state index contributed by atoms with van der Waals surface area (Å²) in [6.45, 7) is 1.30. The zero-order chi connectivity index (χ0) is 17.8. The summed E-state index contributed by atoms with van der Waals surface area (Å²) in [5.41, 5.74) is 1.63. The second-order valence-electron chi connectivity index (χ2n) is 5.79. The molecule has 0 saturated carbocycles. The Labute approximate surface area is 148 Å². The lowest BCUT2D eigenvalue weighted by molar-refractivity contribution is -0.384. The highest BCUT2D eigenvalue weighted by molar-refractivity contribution is 7.10. The third-order valence-corrected chi connectivity index (χ3v) is 5.11. The van der Waals surface area contributed by atoms with Crippen LogP contribution in [0.2, 0.25) is 0 Å². The molecule has 1 aliphatic heterocycles. The summed E-state index contributed by atoms with van der Waals surface area (Å²) in [5, 5.41) is 15.3. The molecular weight excluding hydrogens is 342 g/mol. The number of hydrogen-bond donors (Lipinski definition) is 1. The van der Waals surface area contributed by atoms with E-state index in [1.807, 2.05) is 11.4 Å². The van der Waals surface area contributed by atoms with Crippen LogP contribution in [0.3, 0.4) is 0 Å². The fraction of sp³-hybridized carbons (Fsp3) is 0.294. The molecule has 8 heteroatoms. The molecule has 1 N–H and O–H groups in total. The van der Waals surface area contributed by atoms with Gasteiger partial charge in [0.1, 0.15) is 0 Å². The number of non-ortho nitro benzene ring substituents is 1. The highest BCUT2D eigenvalue weighted by Crippen LogP contribution is 2.24. The molecule has 0 saturated heterocycles. The third kappa shape index (κ3) is 4.21. The van der Waals surface area contributed by atoms with E-state index in [0.717, 1.165) is 6.42 Å². The number of thiophene rings is 1. The highest BCUT2D eigenvalue weighted by Gasteiger charge is 2.21. The van der Waals surface area contributed by atoms with Gasteiger partial charge in [0, 0.05) is 48.6 Å². The Morgan fingerprint density at radius 2 is 1.96 bits per heavy atom. The van der Waals surface area contributed by atoms with E-state index in [0.29, 0.717) is 18.8 Å². The van der Waals surface area contributed by atoms with Crippen molar-refractivity contribution in [3.8, 4) is 0 Å². The SMILES string of the molecule is O=C(CCC(=O)N1CCc2sccc2C1)Nc1ccc([N+](=O)[O-])cc1. The first-order valence-electron chi connectivity index (χ1n) is 7.90. The Hall–Kier alpha value is -2.74. The van der Waals surface area contributed by atoms with Crippen LogP contribution in [0, 0.1) is 10.1 Å². The Morgan fingerprint density at radius 1 is 1.20 bits per heavy atom. The fourth-order valence-corrected chi connectivity index (χ4v) is 3.62. The van der Waals surface area contributed by atoms with Gasteiger partial charge in [-0.15, -0.1) is 11.3 Å². The monoisotopic (exact) mass is 359 g/mol. The Morgan fingerprint density at radius 3 is 2.68 bits per heavy atom. The number of nitro benzene ring substituents is 1. The number of anilines is 1. The minimum Gasteiger partial charge on any atom is -0.338 e. The number of nitrogens with zero attached hydrogens (tertiary/aromatic N) is 2. The average Bonchev–Trinajstić information content (AvgIpc) is 3.07. The van der Waals surface area contributed by atoms with Gasteiger partial charge in [0.05, 0.1) is 4.92 Å². The molecule has 1 aromatic heterocycles. The second kappa shape index (κ2) is 7.43. The Bertz CT molecular complexity index is 800. The number of nitro groups is 1.